The average molecular weight is 285 g/mol. The van der Waals surface area contributed by atoms with E-state index in [2.05, 4.69) is 17.1 Å². The third-order valence-corrected chi connectivity index (χ3v) is 5.26. The molecule has 21 heavy (non-hydrogen) atoms. The van der Waals surface area contributed by atoms with Gasteiger partial charge in [-0.05, 0) is 67.4 Å². The van der Waals surface area contributed by atoms with Crippen LogP contribution < -0.4 is 0 Å². The molecule has 1 heterocycles. The molecule has 1 aromatic heterocycles. The highest BCUT2D eigenvalue weighted by Gasteiger charge is 2.47. The number of carboxylic acids is 1. The van der Waals surface area contributed by atoms with E-state index in [-0.39, 0.29) is 6.42 Å². The van der Waals surface area contributed by atoms with Gasteiger partial charge < -0.3 is 5.11 Å². The molecular formula is C18H23NO2. The molecule has 0 radical (unpaired) electrons. The molecule has 0 amide bonds. The van der Waals surface area contributed by atoms with E-state index in [4.69, 9.17) is 5.11 Å². The third-order valence-electron chi connectivity index (χ3n) is 5.26. The van der Waals surface area contributed by atoms with Gasteiger partial charge in [-0.25, -0.2) is 0 Å². The number of fused-ring (bicyclic) bond motifs is 2. The zero-order valence-corrected chi connectivity index (χ0v) is 12.3. The van der Waals surface area contributed by atoms with E-state index < -0.39 is 5.97 Å². The Hall–Kier alpha value is -1.64. The standard InChI is InChI=1S/C18H23NO2/c20-17(21)7-3-1-2-6-16-13-8-9-14(11-13)18(16)15-5-4-10-19-12-15/h1-2,4-5,10,12-14,16,18H,3,6-9,11H2,(H,20,21)/b2-1-/t13?,14?,16-,18-/m1/s1. The van der Waals surface area contributed by atoms with E-state index in [1.54, 1.807) is 0 Å². The summed E-state index contributed by atoms with van der Waals surface area (Å²) in [5.74, 6) is 2.34. The molecule has 2 fully saturated rings. The molecule has 3 rings (SSSR count). The van der Waals surface area contributed by atoms with Crippen LogP contribution in [0.2, 0.25) is 0 Å². The van der Waals surface area contributed by atoms with Gasteiger partial charge in [-0.3, -0.25) is 9.78 Å². The fourth-order valence-corrected chi connectivity index (χ4v) is 4.42. The Kier molecular flexibility index (Phi) is 4.37. The van der Waals surface area contributed by atoms with Crippen LogP contribution in [0.25, 0.3) is 0 Å². The lowest BCUT2D eigenvalue weighted by molar-refractivity contribution is -0.136. The van der Waals surface area contributed by atoms with Crippen molar-refractivity contribution < 1.29 is 9.90 Å². The number of hydrogen-bond donors (Lipinski definition) is 1. The minimum absolute atomic E-state index is 0.235. The molecule has 112 valence electrons. The quantitative estimate of drug-likeness (QED) is 0.803. The van der Waals surface area contributed by atoms with Crippen LogP contribution >= 0.6 is 0 Å². The van der Waals surface area contributed by atoms with Crippen molar-refractivity contribution in [2.75, 3.05) is 0 Å². The summed E-state index contributed by atoms with van der Waals surface area (Å²) in [4.78, 5) is 14.8. The number of aromatic nitrogens is 1. The lowest BCUT2D eigenvalue weighted by Gasteiger charge is -2.30. The molecule has 0 aliphatic heterocycles. The summed E-state index contributed by atoms with van der Waals surface area (Å²) < 4.78 is 0. The molecule has 3 heteroatoms. The van der Waals surface area contributed by atoms with Crippen molar-refractivity contribution in [1.82, 2.24) is 4.98 Å². The van der Waals surface area contributed by atoms with Gasteiger partial charge in [0.1, 0.15) is 0 Å². The van der Waals surface area contributed by atoms with Gasteiger partial charge in [-0.15, -0.1) is 0 Å². The van der Waals surface area contributed by atoms with Crippen LogP contribution in [0, 0.1) is 17.8 Å². The second-order valence-corrected chi connectivity index (χ2v) is 6.45. The van der Waals surface area contributed by atoms with E-state index in [0.29, 0.717) is 18.3 Å². The van der Waals surface area contributed by atoms with Crippen LogP contribution in [0.3, 0.4) is 0 Å². The predicted molar refractivity (Wildman–Crippen MR) is 81.9 cm³/mol. The monoisotopic (exact) mass is 285 g/mol. The first-order valence-corrected chi connectivity index (χ1v) is 8.02. The van der Waals surface area contributed by atoms with Gasteiger partial charge in [0.25, 0.3) is 0 Å². The first-order valence-electron chi connectivity index (χ1n) is 8.02. The Morgan fingerprint density at radius 1 is 1.33 bits per heavy atom. The second-order valence-electron chi connectivity index (χ2n) is 6.45. The van der Waals surface area contributed by atoms with Crippen molar-refractivity contribution in [2.45, 2.75) is 44.4 Å². The van der Waals surface area contributed by atoms with Crippen LogP contribution in [0.15, 0.2) is 36.7 Å². The Labute approximate surface area is 126 Å². The molecule has 2 aliphatic carbocycles. The molecule has 0 saturated heterocycles. The number of hydrogen-bond acceptors (Lipinski definition) is 2. The first-order chi connectivity index (χ1) is 10.3. The number of pyridine rings is 1. The summed E-state index contributed by atoms with van der Waals surface area (Å²) in [6.45, 7) is 0. The van der Waals surface area contributed by atoms with Gasteiger partial charge in [-0.2, -0.15) is 0 Å². The fourth-order valence-electron chi connectivity index (χ4n) is 4.42. The van der Waals surface area contributed by atoms with E-state index in [1.165, 1.54) is 24.8 Å². The van der Waals surface area contributed by atoms with Crippen molar-refractivity contribution in [3.8, 4) is 0 Å². The van der Waals surface area contributed by atoms with Gasteiger partial charge in [0.15, 0.2) is 0 Å². The lowest BCUT2D eigenvalue weighted by atomic mass is 9.74. The molecule has 2 saturated carbocycles. The average Bonchev–Trinajstić information content (AvgIpc) is 3.08. The predicted octanol–water partition coefficient (Wildman–Crippen LogP) is 4.02. The molecule has 1 aromatic rings. The number of allylic oxidation sites excluding steroid dienone is 2. The molecule has 2 aliphatic rings. The first kappa shape index (κ1) is 14.3. The Morgan fingerprint density at radius 3 is 2.95 bits per heavy atom. The van der Waals surface area contributed by atoms with E-state index in [1.807, 2.05) is 24.5 Å². The molecule has 0 aromatic carbocycles. The molecule has 2 unspecified atom stereocenters. The van der Waals surface area contributed by atoms with Crippen LogP contribution in [0.5, 0.6) is 0 Å². The third kappa shape index (κ3) is 3.17. The SMILES string of the molecule is O=C(O)CC/C=C\C[C@@H]1C2CCC(C2)[C@@H]1c1cccnc1. The van der Waals surface area contributed by atoms with Crippen LogP contribution in [0.4, 0.5) is 0 Å². The minimum Gasteiger partial charge on any atom is -0.481 e. The zero-order chi connectivity index (χ0) is 14.7. The normalized spacial score (nSPS) is 31.0. The molecular weight excluding hydrogens is 262 g/mol. The molecule has 0 spiro atoms. The Morgan fingerprint density at radius 2 is 2.19 bits per heavy atom. The van der Waals surface area contributed by atoms with Crippen molar-refractivity contribution in [1.29, 1.82) is 0 Å². The van der Waals surface area contributed by atoms with Crippen molar-refractivity contribution in [3.05, 3.63) is 42.2 Å². The summed E-state index contributed by atoms with van der Waals surface area (Å²) in [5.41, 5.74) is 1.40. The summed E-state index contributed by atoms with van der Waals surface area (Å²) >= 11 is 0. The van der Waals surface area contributed by atoms with Crippen molar-refractivity contribution in [3.63, 3.8) is 0 Å². The summed E-state index contributed by atoms with van der Waals surface area (Å²) in [6.07, 6.45) is 14.2. The number of carboxylic acid groups (broad SMARTS) is 1. The van der Waals surface area contributed by atoms with Gasteiger partial charge >= 0.3 is 5.97 Å². The zero-order valence-electron chi connectivity index (χ0n) is 12.3. The van der Waals surface area contributed by atoms with Gasteiger partial charge in [0.05, 0.1) is 0 Å². The highest BCUT2D eigenvalue weighted by molar-refractivity contribution is 5.66. The number of carbonyl (C=O) groups is 1. The van der Waals surface area contributed by atoms with Crippen molar-refractivity contribution in [2.24, 2.45) is 17.8 Å². The summed E-state index contributed by atoms with van der Waals surface area (Å²) in [6, 6.07) is 4.26. The molecule has 1 N–H and O–H groups in total. The Balaban J connectivity index is 1.64. The van der Waals surface area contributed by atoms with Crippen LogP contribution in [-0.2, 0) is 4.79 Å². The van der Waals surface area contributed by atoms with E-state index in [9.17, 15) is 4.79 Å². The van der Waals surface area contributed by atoms with Crippen LogP contribution in [0.1, 0.15) is 50.0 Å². The maximum absolute atomic E-state index is 10.5. The lowest BCUT2D eigenvalue weighted by Crippen LogP contribution is -2.20. The summed E-state index contributed by atoms with van der Waals surface area (Å²) in [5, 5.41) is 8.66. The van der Waals surface area contributed by atoms with E-state index in [0.717, 1.165) is 18.3 Å². The van der Waals surface area contributed by atoms with Crippen molar-refractivity contribution >= 4 is 5.97 Å². The van der Waals surface area contributed by atoms with E-state index >= 15 is 0 Å². The molecule has 3 nitrogen and oxygen atoms in total. The maximum atomic E-state index is 10.5. The van der Waals surface area contributed by atoms with Gasteiger partial charge in [0, 0.05) is 18.8 Å². The highest BCUT2D eigenvalue weighted by atomic mass is 16.4. The number of nitrogens with zero attached hydrogens (tertiary/aromatic N) is 1. The van der Waals surface area contributed by atoms with Gasteiger partial charge in [-0.1, -0.05) is 18.2 Å². The van der Waals surface area contributed by atoms with Crippen LogP contribution in [-0.4, -0.2) is 16.1 Å². The highest BCUT2D eigenvalue weighted by Crippen LogP contribution is 2.57. The topological polar surface area (TPSA) is 50.2 Å². The number of rotatable bonds is 6. The fraction of sp³-hybridized carbons (Fsp3) is 0.556. The van der Waals surface area contributed by atoms with Gasteiger partial charge in [0.2, 0.25) is 0 Å². The second kappa shape index (κ2) is 6.42. The number of aliphatic carboxylic acids is 1. The largest absolute Gasteiger partial charge is 0.481 e. The maximum Gasteiger partial charge on any atom is 0.303 e. The summed E-state index contributed by atoms with van der Waals surface area (Å²) in [7, 11) is 0. The molecule has 2 bridgehead atoms. The smallest absolute Gasteiger partial charge is 0.303 e. The minimum atomic E-state index is -0.715. The Bertz CT molecular complexity index is 511. The molecule has 4 atom stereocenters.